The van der Waals surface area contributed by atoms with Crippen LogP contribution in [0.15, 0.2) is 30.3 Å². The Bertz CT molecular complexity index is 623. The monoisotopic (exact) mass is 306 g/mol. The van der Waals surface area contributed by atoms with Crippen LogP contribution >= 0.6 is 11.6 Å². The molecule has 0 saturated carbocycles. The van der Waals surface area contributed by atoms with Gasteiger partial charge in [0.15, 0.2) is 0 Å². The van der Waals surface area contributed by atoms with Crippen LogP contribution in [0.5, 0.6) is 0 Å². The van der Waals surface area contributed by atoms with Gasteiger partial charge in [0.25, 0.3) is 0 Å². The van der Waals surface area contributed by atoms with E-state index in [2.05, 4.69) is 22.0 Å². The molecule has 2 heterocycles. The van der Waals surface area contributed by atoms with Crippen molar-refractivity contribution in [2.24, 2.45) is 0 Å². The Morgan fingerprint density at radius 2 is 1.86 bits per heavy atom. The molecular formula is C16H19ClN2O2. The van der Waals surface area contributed by atoms with E-state index in [4.69, 9.17) is 21.1 Å². The van der Waals surface area contributed by atoms with Crippen molar-refractivity contribution in [3.8, 4) is 0 Å². The summed E-state index contributed by atoms with van der Waals surface area (Å²) < 4.78 is 10.9. The fraction of sp³-hybridized carbons (Fsp3) is 0.438. The van der Waals surface area contributed by atoms with Crippen LogP contribution in [0, 0.1) is 0 Å². The highest BCUT2D eigenvalue weighted by atomic mass is 35.5. The van der Waals surface area contributed by atoms with Gasteiger partial charge in [0.2, 0.25) is 0 Å². The average molecular weight is 307 g/mol. The second-order valence-electron chi connectivity index (χ2n) is 5.37. The van der Waals surface area contributed by atoms with Crippen LogP contribution in [-0.4, -0.2) is 49.4 Å². The summed E-state index contributed by atoms with van der Waals surface area (Å²) in [6, 6.07) is 10.1. The number of hydrogen-bond acceptors (Lipinski definition) is 4. The third-order valence-electron chi connectivity index (χ3n) is 4.04. The van der Waals surface area contributed by atoms with Crippen LogP contribution in [0.25, 0.3) is 10.9 Å². The molecule has 0 spiro atoms. The fourth-order valence-corrected chi connectivity index (χ4v) is 3.09. The number of fused-ring (bicyclic) bond motifs is 1. The summed E-state index contributed by atoms with van der Waals surface area (Å²) in [4.78, 5) is 6.76. The Morgan fingerprint density at radius 3 is 2.52 bits per heavy atom. The molecule has 1 aromatic heterocycles. The molecule has 2 aromatic rings. The van der Waals surface area contributed by atoms with Crippen LogP contribution in [0.4, 0.5) is 0 Å². The van der Waals surface area contributed by atoms with Crippen molar-refractivity contribution in [1.29, 1.82) is 0 Å². The van der Waals surface area contributed by atoms with Crippen LogP contribution < -0.4 is 0 Å². The Labute approximate surface area is 129 Å². The summed E-state index contributed by atoms with van der Waals surface area (Å²) in [7, 11) is 3.45. The number of methoxy groups -OCH3 is 2. The van der Waals surface area contributed by atoms with E-state index in [1.54, 1.807) is 14.2 Å². The molecule has 0 N–H and O–H groups in total. The molecule has 4 nitrogen and oxygen atoms in total. The highest BCUT2D eigenvalue weighted by Gasteiger charge is 2.33. The smallest absolute Gasteiger partial charge is 0.134 e. The minimum absolute atomic E-state index is 0.113. The van der Waals surface area contributed by atoms with Crippen LogP contribution in [-0.2, 0) is 16.0 Å². The van der Waals surface area contributed by atoms with Gasteiger partial charge in [-0.05, 0) is 12.1 Å². The van der Waals surface area contributed by atoms with Gasteiger partial charge in [-0.25, -0.2) is 4.98 Å². The number of ether oxygens (including phenoxy) is 2. The van der Waals surface area contributed by atoms with Gasteiger partial charge in [-0.3, -0.25) is 4.90 Å². The first-order chi connectivity index (χ1) is 10.2. The predicted molar refractivity (Wildman–Crippen MR) is 83.6 cm³/mol. The summed E-state index contributed by atoms with van der Waals surface area (Å²) in [6.07, 6.45) is 0.226. The molecule has 0 aliphatic carbocycles. The van der Waals surface area contributed by atoms with E-state index in [-0.39, 0.29) is 12.2 Å². The van der Waals surface area contributed by atoms with E-state index in [1.807, 2.05) is 18.2 Å². The molecule has 1 saturated heterocycles. The average Bonchev–Trinajstić information content (AvgIpc) is 2.90. The summed E-state index contributed by atoms with van der Waals surface area (Å²) in [5.41, 5.74) is 1.97. The number of halogens is 1. The lowest BCUT2D eigenvalue weighted by atomic mass is 10.1. The lowest BCUT2D eigenvalue weighted by Gasteiger charge is -2.16. The highest BCUT2D eigenvalue weighted by molar-refractivity contribution is 6.30. The van der Waals surface area contributed by atoms with Crippen molar-refractivity contribution in [3.63, 3.8) is 0 Å². The molecule has 5 heteroatoms. The lowest BCUT2D eigenvalue weighted by Crippen LogP contribution is -2.27. The summed E-state index contributed by atoms with van der Waals surface area (Å²) in [5.74, 6) is 0. The number of rotatable bonds is 4. The van der Waals surface area contributed by atoms with Gasteiger partial charge in [-0.1, -0.05) is 29.8 Å². The van der Waals surface area contributed by atoms with Gasteiger partial charge in [0.05, 0.1) is 17.7 Å². The van der Waals surface area contributed by atoms with E-state index < -0.39 is 0 Å². The fourth-order valence-electron chi connectivity index (χ4n) is 2.89. The number of hydrogen-bond donors (Lipinski definition) is 0. The van der Waals surface area contributed by atoms with Crippen molar-refractivity contribution in [2.75, 3.05) is 27.3 Å². The zero-order chi connectivity index (χ0) is 14.8. The third-order valence-corrected chi connectivity index (χ3v) is 4.37. The number of aromatic nitrogens is 1. The number of likely N-dealkylation sites (tertiary alicyclic amines) is 1. The van der Waals surface area contributed by atoms with Crippen LogP contribution in [0.3, 0.4) is 0 Å². The first-order valence-electron chi connectivity index (χ1n) is 7.03. The number of pyridine rings is 1. The van der Waals surface area contributed by atoms with E-state index in [0.717, 1.165) is 36.1 Å². The normalized spacial score (nSPS) is 23.0. The maximum Gasteiger partial charge on any atom is 0.134 e. The Hall–Kier alpha value is -1.20. The molecule has 1 fully saturated rings. The molecule has 112 valence electrons. The molecule has 2 unspecified atom stereocenters. The zero-order valence-corrected chi connectivity index (χ0v) is 13.0. The molecule has 0 amide bonds. The number of para-hydroxylation sites is 1. The zero-order valence-electron chi connectivity index (χ0n) is 12.3. The van der Waals surface area contributed by atoms with Crippen molar-refractivity contribution in [2.45, 2.75) is 18.8 Å². The molecular weight excluding hydrogens is 288 g/mol. The van der Waals surface area contributed by atoms with E-state index in [9.17, 15) is 0 Å². The molecule has 1 aliphatic heterocycles. The van der Waals surface area contributed by atoms with Gasteiger partial charge in [-0.2, -0.15) is 0 Å². The number of nitrogens with zero attached hydrogens (tertiary/aromatic N) is 2. The first-order valence-corrected chi connectivity index (χ1v) is 7.41. The summed E-state index contributed by atoms with van der Waals surface area (Å²) >= 11 is 6.32. The second-order valence-corrected chi connectivity index (χ2v) is 5.73. The first kappa shape index (κ1) is 14.7. The predicted octanol–water partition coefficient (Wildman–Crippen LogP) is 2.73. The molecule has 0 bridgehead atoms. The Morgan fingerprint density at radius 1 is 1.19 bits per heavy atom. The summed E-state index contributed by atoms with van der Waals surface area (Å²) in [6.45, 7) is 2.45. The minimum Gasteiger partial charge on any atom is -0.377 e. The Balaban J connectivity index is 1.80. The molecule has 21 heavy (non-hydrogen) atoms. The highest BCUT2D eigenvalue weighted by Crippen LogP contribution is 2.24. The second kappa shape index (κ2) is 6.28. The van der Waals surface area contributed by atoms with E-state index in [1.165, 1.54) is 0 Å². The Kier molecular flexibility index (Phi) is 4.40. The van der Waals surface area contributed by atoms with Gasteiger partial charge in [0, 0.05) is 44.8 Å². The van der Waals surface area contributed by atoms with Crippen LogP contribution in [0.2, 0.25) is 5.15 Å². The maximum absolute atomic E-state index is 6.32. The van der Waals surface area contributed by atoms with Crippen molar-refractivity contribution in [1.82, 2.24) is 9.88 Å². The van der Waals surface area contributed by atoms with Gasteiger partial charge in [-0.15, -0.1) is 0 Å². The topological polar surface area (TPSA) is 34.6 Å². The van der Waals surface area contributed by atoms with Gasteiger partial charge >= 0.3 is 0 Å². The van der Waals surface area contributed by atoms with E-state index in [0.29, 0.717) is 5.15 Å². The standard InChI is InChI=1S/C16H19ClN2O2/c1-20-14-9-19(10-15(14)21-2)8-12-7-11-5-3-4-6-13(11)18-16(12)17/h3-7,14-15H,8-10H2,1-2H3. The molecule has 1 aliphatic rings. The van der Waals surface area contributed by atoms with Crippen molar-refractivity contribution >= 4 is 22.5 Å². The van der Waals surface area contributed by atoms with Gasteiger partial charge < -0.3 is 9.47 Å². The molecule has 1 aromatic carbocycles. The summed E-state index contributed by atoms with van der Waals surface area (Å²) in [5, 5.41) is 1.69. The van der Waals surface area contributed by atoms with Gasteiger partial charge in [0.1, 0.15) is 5.15 Å². The maximum atomic E-state index is 6.32. The number of benzene rings is 1. The lowest BCUT2D eigenvalue weighted by molar-refractivity contribution is -0.00461. The SMILES string of the molecule is COC1CN(Cc2cc3ccccc3nc2Cl)CC1OC. The molecule has 3 rings (SSSR count). The van der Waals surface area contributed by atoms with Crippen molar-refractivity contribution < 1.29 is 9.47 Å². The molecule has 0 radical (unpaired) electrons. The molecule has 2 atom stereocenters. The minimum atomic E-state index is 0.113. The van der Waals surface area contributed by atoms with E-state index >= 15 is 0 Å². The largest absolute Gasteiger partial charge is 0.377 e. The van der Waals surface area contributed by atoms with Crippen LogP contribution in [0.1, 0.15) is 5.56 Å². The third kappa shape index (κ3) is 3.04. The van der Waals surface area contributed by atoms with Crippen molar-refractivity contribution in [3.05, 3.63) is 41.0 Å². The quantitative estimate of drug-likeness (QED) is 0.814.